The number of cyclic esters (lactones) is 1. The van der Waals surface area contributed by atoms with E-state index in [1.807, 2.05) is 0 Å². The fourth-order valence-corrected chi connectivity index (χ4v) is 2.14. The molecule has 140 valence electrons. The molecule has 1 amide bonds. The van der Waals surface area contributed by atoms with Crippen molar-refractivity contribution in [2.75, 3.05) is 19.8 Å². The zero-order chi connectivity index (χ0) is 18.2. The number of rotatable bonds is 5. The number of nitrogens with one attached hydrogen (secondary N) is 1. The molecule has 0 spiro atoms. The molecule has 7 heteroatoms. The summed E-state index contributed by atoms with van der Waals surface area (Å²) in [5, 5.41) is 2.55. The average molecular weight is 345 g/mol. The second-order valence-corrected chi connectivity index (χ2v) is 6.97. The summed E-state index contributed by atoms with van der Waals surface area (Å²) in [6.45, 7) is 10.4. The minimum absolute atomic E-state index is 0.305. The van der Waals surface area contributed by atoms with Crippen LogP contribution in [0, 0.1) is 0 Å². The highest BCUT2D eigenvalue weighted by Crippen LogP contribution is 2.13. The molecule has 0 bridgehead atoms. The highest BCUT2D eigenvalue weighted by Gasteiger charge is 2.31. The Bertz CT molecular complexity index is 406. The number of hydrogen-bond donors (Lipinski definition) is 1. The molecular formula is C17H31NO6. The van der Waals surface area contributed by atoms with Gasteiger partial charge in [0.1, 0.15) is 23.9 Å². The molecular weight excluding hydrogens is 314 g/mol. The van der Waals surface area contributed by atoms with Crippen LogP contribution in [0.4, 0.5) is 4.79 Å². The molecule has 1 rings (SSSR count). The van der Waals surface area contributed by atoms with E-state index >= 15 is 0 Å². The average Bonchev–Trinajstić information content (AvgIpc) is 2.51. The molecule has 3 atom stereocenters. The summed E-state index contributed by atoms with van der Waals surface area (Å²) in [6.07, 6.45) is 0.902. The van der Waals surface area contributed by atoms with E-state index in [9.17, 15) is 9.59 Å². The lowest BCUT2D eigenvalue weighted by molar-refractivity contribution is -0.159. The SMILES string of the molecule is CCCCO[C@@H]1COCC[C@H](NC(=O)OC(C)(C)C)C(=O)O[C@H]1C. The van der Waals surface area contributed by atoms with E-state index in [2.05, 4.69) is 12.2 Å². The predicted molar refractivity (Wildman–Crippen MR) is 88.8 cm³/mol. The normalized spacial score (nSPS) is 25.9. The van der Waals surface area contributed by atoms with Gasteiger partial charge < -0.3 is 24.3 Å². The largest absolute Gasteiger partial charge is 0.458 e. The molecule has 0 aliphatic carbocycles. The number of hydrogen-bond acceptors (Lipinski definition) is 6. The van der Waals surface area contributed by atoms with Crippen LogP contribution in [-0.2, 0) is 23.7 Å². The minimum Gasteiger partial charge on any atom is -0.458 e. The van der Waals surface area contributed by atoms with E-state index in [1.54, 1.807) is 27.7 Å². The fourth-order valence-electron chi connectivity index (χ4n) is 2.14. The van der Waals surface area contributed by atoms with Crippen molar-refractivity contribution < 1.29 is 28.5 Å². The van der Waals surface area contributed by atoms with E-state index in [4.69, 9.17) is 18.9 Å². The van der Waals surface area contributed by atoms with Crippen molar-refractivity contribution in [1.29, 1.82) is 0 Å². The van der Waals surface area contributed by atoms with Gasteiger partial charge in [-0.1, -0.05) is 13.3 Å². The van der Waals surface area contributed by atoms with Crippen molar-refractivity contribution in [2.45, 2.75) is 77.7 Å². The zero-order valence-corrected chi connectivity index (χ0v) is 15.4. The first-order valence-corrected chi connectivity index (χ1v) is 8.62. The van der Waals surface area contributed by atoms with Crippen LogP contribution in [-0.4, -0.2) is 55.7 Å². The molecule has 1 aliphatic heterocycles. The van der Waals surface area contributed by atoms with Crippen LogP contribution in [0.25, 0.3) is 0 Å². The van der Waals surface area contributed by atoms with E-state index in [1.165, 1.54) is 0 Å². The molecule has 0 unspecified atom stereocenters. The first-order chi connectivity index (χ1) is 11.2. The van der Waals surface area contributed by atoms with Gasteiger partial charge >= 0.3 is 12.1 Å². The highest BCUT2D eigenvalue weighted by atomic mass is 16.6. The maximum absolute atomic E-state index is 12.3. The number of alkyl carbamates (subject to hydrolysis) is 1. The Labute approximate surface area is 144 Å². The van der Waals surface area contributed by atoms with Crippen LogP contribution in [0.1, 0.15) is 53.9 Å². The lowest BCUT2D eigenvalue weighted by Crippen LogP contribution is -2.46. The molecule has 1 heterocycles. The van der Waals surface area contributed by atoms with E-state index in [0.29, 0.717) is 26.2 Å². The van der Waals surface area contributed by atoms with Crippen LogP contribution in [0.3, 0.4) is 0 Å². The third kappa shape index (κ3) is 7.97. The maximum atomic E-state index is 12.3. The molecule has 0 aromatic carbocycles. The van der Waals surface area contributed by atoms with Crippen molar-refractivity contribution in [3.05, 3.63) is 0 Å². The van der Waals surface area contributed by atoms with Gasteiger partial charge in [-0.2, -0.15) is 0 Å². The Morgan fingerprint density at radius 2 is 2.08 bits per heavy atom. The molecule has 0 aromatic rings. The maximum Gasteiger partial charge on any atom is 0.408 e. The first-order valence-electron chi connectivity index (χ1n) is 8.62. The van der Waals surface area contributed by atoms with Gasteiger partial charge in [-0.15, -0.1) is 0 Å². The molecule has 1 N–H and O–H groups in total. The van der Waals surface area contributed by atoms with Gasteiger partial charge in [-0.3, -0.25) is 0 Å². The number of carbonyl (C=O) groups is 2. The molecule has 1 saturated heterocycles. The third-order valence-electron chi connectivity index (χ3n) is 3.46. The topological polar surface area (TPSA) is 83.1 Å². The summed E-state index contributed by atoms with van der Waals surface area (Å²) in [4.78, 5) is 24.2. The van der Waals surface area contributed by atoms with Crippen molar-refractivity contribution in [3.63, 3.8) is 0 Å². The Morgan fingerprint density at radius 1 is 1.38 bits per heavy atom. The molecule has 1 fully saturated rings. The van der Waals surface area contributed by atoms with Gasteiger partial charge in [0.2, 0.25) is 0 Å². The van der Waals surface area contributed by atoms with Gasteiger partial charge in [-0.05, 0) is 34.1 Å². The highest BCUT2D eigenvalue weighted by molar-refractivity contribution is 5.81. The second kappa shape index (κ2) is 9.84. The molecule has 0 saturated carbocycles. The van der Waals surface area contributed by atoms with Gasteiger partial charge in [0, 0.05) is 19.6 Å². The number of unbranched alkanes of at least 4 members (excludes halogenated alkanes) is 1. The summed E-state index contributed by atoms with van der Waals surface area (Å²) in [7, 11) is 0. The van der Waals surface area contributed by atoms with Crippen molar-refractivity contribution in [2.24, 2.45) is 0 Å². The van der Waals surface area contributed by atoms with Gasteiger partial charge in [0.15, 0.2) is 0 Å². The fraction of sp³-hybridized carbons (Fsp3) is 0.882. The summed E-state index contributed by atoms with van der Waals surface area (Å²) < 4.78 is 21.9. The van der Waals surface area contributed by atoms with Crippen LogP contribution in [0.2, 0.25) is 0 Å². The molecule has 24 heavy (non-hydrogen) atoms. The summed E-state index contributed by atoms with van der Waals surface area (Å²) in [6, 6.07) is -0.795. The smallest absolute Gasteiger partial charge is 0.408 e. The lowest BCUT2D eigenvalue weighted by Gasteiger charge is -2.25. The summed E-state index contributed by atoms with van der Waals surface area (Å²) >= 11 is 0. The minimum atomic E-state index is -0.795. The van der Waals surface area contributed by atoms with Crippen molar-refractivity contribution in [3.8, 4) is 0 Å². The number of ether oxygens (including phenoxy) is 4. The van der Waals surface area contributed by atoms with Crippen molar-refractivity contribution >= 4 is 12.1 Å². The van der Waals surface area contributed by atoms with E-state index < -0.39 is 29.8 Å². The van der Waals surface area contributed by atoms with Crippen molar-refractivity contribution in [1.82, 2.24) is 5.32 Å². The van der Waals surface area contributed by atoms with Gasteiger partial charge in [0.25, 0.3) is 0 Å². The second-order valence-electron chi connectivity index (χ2n) is 6.97. The zero-order valence-electron chi connectivity index (χ0n) is 15.4. The number of carbonyl (C=O) groups excluding carboxylic acids is 2. The number of esters is 1. The first kappa shape index (κ1) is 20.7. The Balaban J connectivity index is 2.60. The van der Waals surface area contributed by atoms with Gasteiger partial charge in [-0.25, -0.2) is 9.59 Å². The monoisotopic (exact) mass is 345 g/mol. The Morgan fingerprint density at radius 3 is 2.71 bits per heavy atom. The van der Waals surface area contributed by atoms with E-state index in [0.717, 1.165) is 12.8 Å². The van der Waals surface area contributed by atoms with Crippen LogP contribution >= 0.6 is 0 Å². The Kier molecular flexibility index (Phi) is 8.48. The van der Waals surface area contributed by atoms with Gasteiger partial charge in [0.05, 0.1) is 6.61 Å². The molecule has 0 radical (unpaired) electrons. The predicted octanol–water partition coefficient (Wildman–Crippen LogP) is 2.42. The van der Waals surface area contributed by atoms with Crippen LogP contribution in [0.15, 0.2) is 0 Å². The number of amides is 1. The Hall–Kier alpha value is -1.34. The van der Waals surface area contributed by atoms with Crippen LogP contribution < -0.4 is 5.32 Å². The van der Waals surface area contributed by atoms with Crippen LogP contribution in [0.5, 0.6) is 0 Å². The molecule has 7 nitrogen and oxygen atoms in total. The standard InChI is InChI=1S/C17H31NO6/c1-6-7-9-22-14-11-21-10-8-13(15(19)23-12(14)2)18-16(20)24-17(3,4)5/h12-14H,6-11H2,1-5H3,(H,18,20)/t12-,13-,14+/m0/s1. The lowest BCUT2D eigenvalue weighted by atomic mass is 10.2. The van der Waals surface area contributed by atoms with E-state index in [-0.39, 0.29) is 6.10 Å². The quantitative estimate of drug-likeness (QED) is 0.608. The third-order valence-corrected chi connectivity index (χ3v) is 3.46. The molecule has 1 aliphatic rings. The summed E-state index contributed by atoms with van der Waals surface area (Å²) in [5.41, 5.74) is -0.630. The summed E-state index contributed by atoms with van der Waals surface area (Å²) in [5.74, 6) is -0.497. The molecule has 0 aromatic heterocycles.